The maximum absolute atomic E-state index is 12.7. The lowest BCUT2D eigenvalue weighted by atomic mass is 10.1. The highest BCUT2D eigenvalue weighted by molar-refractivity contribution is 5.96. The summed E-state index contributed by atoms with van der Waals surface area (Å²) < 4.78 is 1.76. The monoisotopic (exact) mass is 300 g/mol. The molecule has 7 heteroatoms. The van der Waals surface area contributed by atoms with Crippen molar-refractivity contribution >= 4 is 11.9 Å². The minimum Gasteiger partial charge on any atom is -0.337 e. The van der Waals surface area contributed by atoms with Gasteiger partial charge < -0.3 is 9.80 Å². The van der Waals surface area contributed by atoms with E-state index in [2.05, 4.69) is 20.0 Å². The summed E-state index contributed by atoms with van der Waals surface area (Å²) in [4.78, 5) is 25.2. The van der Waals surface area contributed by atoms with E-state index in [1.165, 1.54) is 0 Å². The predicted octanol–water partition coefficient (Wildman–Crippen LogP) is 0.789. The van der Waals surface area contributed by atoms with Crippen LogP contribution in [0.3, 0.4) is 0 Å². The molecule has 116 valence electrons. The Bertz CT molecular complexity index is 673. The van der Waals surface area contributed by atoms with Crippen LogP contribution in [0.1, 0.15) is 21.7 Å². The first-order valence-electron chi connectivity index (χ1n) is 7.39. The molecule has 1 amide bonds. The van der Waals surface area contributed by atoms with Crippen molar-refractivity contribution in [3.8, 4) is 0 Å². The third kappa shape index (κ3) is 2.54. The van der Waals surface area contributed by atoms with Crippen LogP contribution in [0, 0.1) is 13.8 Å². The standard InChI is InChI=1S/C15H20N6O/c1-11-13(12(2)19(3)18-11)14(22)20-7-9-21(10-8-20)15-16-5-4-6-17-15/h4-6H,7-10H2,1-3H3. The highest BCUT2D eigenvalue weighted by Crippen LogP contribution is 2.17. The molecule has 1 saturated heterocycles. The first-order valence-corrected chi connectivity index (χ1v) is 7.39. The Labute approximate surface area is 129 Å². The summed E-state index contributed by atoms with van der Waals surface area (Å²) in [5, 5.41) is 4.33. The van der Waals surface area contributed by atoms with Crippen molar-refractivity contribution < 1.29 is 4.79 Å². The number of carbonyl (C=O) groups is 1. The van der Waals surface area contributed by atoms with Gasteiger partial charge in [-0.05, 0) is 19.9 Å². The van der Waals surface area contributed by atoms with Crippen LogP contribution in [0.4, 0.5) is 5.95 Å². The van der Waals surface area contributed by atoms with Gasteiger partial charge in [-0.3, -0.25) is 9.48 Å². The van der Waals surface area contributed by atoms with Gasteiger partial charge in [0.05, 0.1) is 11.3 Å². The zero-order valence-electron chi connectivity index (χ0n) is 13.2. The van der Waals surface area contributed by atoms with Gasteiger partial charge >= 0.3 is 0 Å². The number of hydrogen-bond acceptors (Lipinski definition) is 5. The molecular formula is C15H20N6O. The maximum Gasteiger partial charge on any atom is 0.257 e. The largest absolute Gasteiger partial charge is 0.337 e. The molecule has 0 saturated carbocycles. The summed E-state index contributed by atoms with van der Waals surface area (Å²) in [6, 6.07) is 1.80. The molecule has 0 N–H and O–H groups in total. The highest BCUT2D eigenvalue weighted by Gasteiger charge is 2.27. The van der Waals surface area contributed by atoms with E-state index in [1.807, 2.05) is 25.8 Å². The number of carbonyl (C=O) groups excluding carboxylic acids is 1. The van der Waals surface area contributed by atoms with Crippen molar-refractivity contribution in [2.75, 3.05) is 31.1 Å². The van der Waals surface area contributed by atoms with Crippen molar-refractivity contribution in [3.05, 3.63) is 35.4 Å². The SMILES string of the molecule is Cc1nn(C)c(C)c1C(=O)N1CCN(c2ncccn2)CC1. The van der Waals surface area contributed by atoms with Gasteiger partial charge in [0, 0.05) is 51.3 Å². The fourth-order valence-corrected chi connectivity index (χ4v) is 2.81. The summed E-state index contributed by atoms with van der Waals surface area (Å²) in [6.45, 7) is 6.65. The fraction of sp³-hybridized carbons (Fsp3) is 0.467. The molecule has 0 radical (unpaired) electrons. The van der Waals surface area contributed by atoms with Crippen LogP contribution in [-0.2, 0) is 7.05 Å². The molecule has 2 aromatic heterocycles. The van der Waals surface area contributed by atoms with Gasteiger partial charge in [-0.25, -0.2) is 9.97 Å². The summed E-state index contributed by atoms with van der Waals surface area (Å²) in [5.74, 6) is 0.792. The van der Waals surface area contributed by atoms with Crippen LogP contribution < -0.4 is 4.90 Å². The van der Waals surface area contributed by atoms with Gasteiger partial charge in [-0.15, -0.1) is 0 Å². The molecule has 2 aromatic rings. The van der Waals surface area contributed by atoms with E-state index in [0.717, 1.165) is 36.0 Å². The lowest BCUT2D eigenvalue weighted by Crippen LogP contribution is -2.49. The van der Waals surface area contributed by atoms with Crippen molar-refractivity contribution in [3.63, 3.8) is 0 Å². The number of hydrogen-bond donors (Lipinski definition) is 0. The van der Waals surface area contributed by atoms with Crippen LogP contribution in [-0.4, -0.2) is 56.7 Å². The highest BCUT2D eigenvalue weighted by atomic mass is 16.2. The Morgan fingerprint density at radius 2 is 1.73 bits per heavy atom. The lowest BCUT2D eigenvalue weighted by molar-refractivity contribution is 0.0744. The molecule has 1 aliphatic rings. The van der Waals surface area contributed by atoms with Crippen molar-refractivity contribution in [2.45, 2.75) is 13.8 Å². The van der Waals surface area contributed by atoms with Crippen molar-refractivity contribution in [1.29, 1.82) is 0 Å². The molecular weight excluding hydrogens is 280 g/mol. The molecule has 0 bridgehead atoms. The van der Waals surface area contributed by atoms with Crippen LogP contribution in [0.15, 0.2) is 18.5 Å². The van der Waals surface area contributed by atoms with Crippen LogP contribution in [0.25, 0.3) is 0 Å². The summed E-state index contributed by atoms with van der Waals surface area (Å²) in [5.41, 5.74) is 2.43. The first-order chi connectivity index (χ1) is 10.6. The second-order valence-corrected chi connectivity index (χ2v) is 5.50. The lowest BCUT2D eigenvalue weighted by Gasteiger charge is -2.34. The van der Waals surface area contributed by atoms with Gasteiger partial charge in [0.2, 0.25) is 5.95 Å². The van der Waals surface area contributed by atoms with Gasteiger partial charge in [-0.1, -0.05) is 0 Å². The number of amides is 1. The summed E-state index contributed by atoms with van der Waals surface area (Å²) >= 11 is 0. The smallest absolute Gasteiger partial charge is 0.257 e. The van der Waals surface area contributed by atoms with Crippen LogP contribution in [0.2, 0.25) is 0 Å². The van der Waals surface area contributed by atoms with E-state index in [9.17, 15) is 4.79 Å². The molecule has 0 aliphatic carbocycles. The second kappa shape index (κ2) is 5.75. The van der Waals surface area contributed by atoms with Gasteiger partial charge in [0.25, 0.3) is 5.91 Å². The average Bonchev–Trinajstić information content (AvgIpc) is 2.80. The number of aromatic nitrogens is 4. The third-order valence-electron chi connectivity index (χ3n) is 4.12. The van der Waals surface area contributed by atoms with Crippen molar-refractivity contribution in [1.82, 2.24) is 24.6 Å². The van der Waals surface area contributed by atoms with Crippen LogP contribution in [0.5, 0.6) is 0 Å². The van der Waals surface area contributed by atoms with E-state index < -0.39 is 0 Å². The molecule has 0 unspecified atom stereocenters. The van der Waals surface area contributed by atoms with Gasteiger partial charge in [0.1, 0.15) is 0 Å². The molecule has 3 rings (SSSR count). The van der Waals surface area contributed by atoms with Crippen LogP contribution >= 0.6 is 0 Å². The number of nitrogens with zero attached hydrogens (tertiary/aromatic N) is 6. The molecule has 0 spiro atoms. The van der Waals surface area contributed by atoms with E-state index >= 15 is 0 Å². The average molecular weight is 300 g/mol. The maximum atomic E-state index is 12.7. The number of anilines is 1. The third-order valence-corrected chi connectivity index (χ3v) is 4.12. The second-order valence-electron chi connectivity index (χ2n) is 5.50. The van der Waals surface area contributed by atoms with E-state index in [1.54, 1.807) is 23.1 Å². The zero-order valence-corrected chi connectivity index (χ0v) is 13.2. The molecule has 0 atom stereocenters. The number of piperazine rings is 1. The molecule has 22 heavy (non-hydrogen) atoms. The normalized spacial score (nSPS) is 15.2. The molecule has 7 nitrogen and oxygen atoms in total. The van der Waals surface area contributed by atoms with E-state index in [-0.39, 0.29) is 5.91 Å². The molecule has 3 heterocycles. The van der Waals surface area contributed by atoms with E-state index in [4.69, 9.17) is 0 Å². The van der Waals surface area contributed by atoms with Gasteiger partial charge in [-0.2, -0.15) is 5.10 Å². The molecule has 0 aromatic carbocycles. The Kier molecular flexibility index (Phi) is 3.79. The Morgan fingerprint density at radius 1 is 1.09 bits per heavy atom. The minimum atomic E-state index is 0.0664. The Morgan fingerprint density at radius 3 is 2.27 bits per heavy atom. The number of rotatable bonds is 2. The zero-order chi connectivity index (χ0) is 15.7. The van der Waals surface area contributed by atoms with Crippen molar-refractivity contribution in [2.24, 2.45) is 7.05 Å². The summed E-state index contributed by atoms with van der Waals surface area (Å²) in [7, 11) is 1.86. The number of aryl methyl sites for hydroxylation is 2. The Hall–Kier alpha value is -2.44. The predicted molar refractivity (Wildman–Crippen MR) is 82.8 cm³/mol. The van der Waals surface area contributed by atoms with Gasteiger partial charge in [0.15, 0.2) is 0 Å². The summed E-state index contributed by atoms with van der Waals surface area (Å²) in [6.07, 6.45) is 3.48. The quantitative estimate of drug-likeness (QED) is 0.820. The molecule has 1 fully saturated rings. The Balaban J connectivity index is 1.70. The van der Waals surface area contributed by atoms with E-state index in [0.29, 0.717) is 13.1 Å². The fourth-order valence-electron chi connectivity index (χ4n) is 2.81. The minimum absolute atomic E-state index is 0.0664. The topological polar surface area (TPSA) is 67.2 Å². The first kappa shape index (κ1) is 14.5. The molecule has 1 aliphatic heterocycles.